The molecule has 1 aromatic carbocycles. The van der Waals surface area contributed by atoms with E-state index < -0.39 is 6.04 Å². The Bertz CT molecular complexity index is 669. The summed E-state index contributed by atoms with van der Waals surface area (Å²) in [6.45, 7) is 3.91. The van der Waals surface area contributed by atoms with Gasteiger partial charge in [-0.15, -0.1) is 11.8 Å². The van der Waals surface area contributed by atoms with Gasteiger partial charge < -0.3 is 10.2 Å². The number of amides is 2. The Labute approximate surface area is 149 Å². The summed E-state index contributed by atoms with van der Waals surface area (Å²) in [4.78, 5) is 26.3. The highest BCUT2D eigenvalue weighted by molar-refractivity contribution is 8.01. The highest BCUT2D eigenvalue weighted by atomic mass is 35.5. The van der Waals surface area contributed by atoms with Gasteiger partial charge in [0.25, 0.3) is 0 Å². The molecule has 2 heterocycles. The molecule has 124 valence electrons. The third kappa shape index (κ3) is 3.06. The van der Waals surface area contributed by atoms with Gasteiger partial charge in [0.05, 0.1) is 10.9 Å². The third-order valence-electron chi connectivity index (χ3n) is 4.54. The predicted molar refractivity (Wildman–Crippen MR) is 93.8 cm³/mol. The van der Waals surface area contributed by atoms with Crippen molar-refractivity contribution in [1.29, 1.82) is 0 Å². The lowest BCUT2D eigenvalue weighted by atomic mass is 10.1. The number of hydrogen-bond donors (Lipinski definition) is 1. The van der Waals surface area contributed by atoms with Gasteiger partial charge in [0.15, 0.2) is 0 Å². The van der Waals surface area contributed by atoms with E-state index in [1.807, 2.05) is 19.9 Å². The topological polar surface area (TPSA) is 49.4 Å². The normalized spacial score (nSPS) is 27.9. The zero-order valence-electron chi connectivity index (χ0n) is 12.9. The molecular formula is C16H18Cl2N2O2S. The lowest BCUT2D eigenvalue weighted by Crippen LogP contribution is -2.50. The van der Waals surface area contributed by atoms with Gasteiger partial charge in [-0.25, -0.2) is 0 Å². The number of nitrogens with zero attached hydrogens (tertiary/aromatic N) is 1. The molecule has 3 atom stereocenters. The maximum Gasteiger partial charge on any atom is 0.244 e. The van der Waals surface area contributed by atoms with Crippen molar-refractivity contribution in [2.45, 2.75) is 43.6 Å². The first-order valence-electron chi connectivity index (χ1n) is 7.53. The summed E-state index contributed by atoms with van der Waals surface area (Å²) >= 11 is 13.8. The molecule has 1 aromatic rings. The summed E-state index contributed by atoms with van der Waals surface area (Å²) in [5.74, 6) is 0.569. The van der Waals surface area contributed by atoms with Crippen LogP contribution in [0.4, 0.5) is 0 Å². The van der Waals surface area contributed by atoms with Crippen LogP contribution in [-0.4, -0.2) is 33.4 Å². The number of carbonyl (C=O) groups is 2. The van der Waals surface area contributed by atoms with Crippen molar-refractivity contribution < 1.29 is 9.59 Å². The van der Waals surface area contributed by atoms with Crippen molar-refractivity contribution in [2.24, 2.45) is 0 Å². The smallest absolute Gasteiger partial charge is 0.244 e. The molecule has 0 radical (unpaired) electrons. The van der Waals surface area contributed by atoms with Gasteiger partial charge in [-0.3, -0.25) is 9.59 Å². The van der Waals surface area contributed by atoms with Crippen molar-refractivity contribution in [3.8, 4) is 0 Å². The Hall–Kier alpha value is -0.910. The minimum atomic E-state index is -0.409. The molecule has 2 aliphatic heterocycles. The summed E-state index contributed by atoms with van der Waals surface area (Å²) in [6, 6.07) is 4.56. The lowest BCUT2D eigenvalue weighted by Gasteiger charge is -2.30. The molecule has 0 bridgehead atoms. The Morgan fingerprint density at radius 2 is 2.22 bits per heavy atom. The van der Waals surface area contributed by atoms with E-state index in [1.165, 1.54) is 0 Å². The van der Waals surface area contributed by atoms with Crippen molar-refractivity contribution in [2.75, 3.05) is 5.75 Å². The summed E-state index contributed by atoms with van der Waals surface area (Å²) in [6.07, 6.45) is 1.32. The molecule has 0 spiro atoms. The van der Waals surface area contributed by atoms with Crippen molar-refractivity contribution in [3.63, 3.8) is 0 Å². The van der Waals surface area contributed by atoms with Crippen molar-refractivity contribution in [1.82, 2.24) is 10.2 Å². The molecular weight excluding hydrogens is 355 g/mol. The fourth-order valence-corrected chi connectivity index (χ4v) is 5.26. The number of nitrogens with one attached hydrogen (secondary N) is 1. The summed E-state index contributed by atoms with van der Waals surface area (Å²) in [5, 5.41) is 4.05. The van der Waals surface area contributed by atoms with Crippen LogP contribution in [0.3, 0.4) is 0 Å². The average Bonchev–Trinajstić information content (AvgIpc) is 2.96. The van der Waals surface area contributed by atoms with Crippen LogP contribution in [0.1, 0.15) is 38.3 Å². The van der Waals surface area contributed by atoms with Crippen LogP contribution in [0.2, 0.25) is 10.0 Å². The van der Waals surface area contributed by atoms with E-state index in [1.54, 1.807) is 28.8 Å². The van der Waals surface area contributed by atoms with Gasteiger partial charge in [0.2, 0.25) is 11.8 Å². The standard InChI is InChI=1S/C16H18Cl2N2O2S/c1-9(11-4-3-10(17)7-12(11)18)19-15(22)13-8-23-16(2)6-5-14(21)20(13)16/h3-4,7,9,13H,5-6,8H2,1-2H3,(H,19,22). The van der Waals surface area contributed by atoms with E-state index >= 15 is 0 Å². The molecule has 3 unspecified atom stereocenters. The van der Waals surface area contributed by atoms with Crippen LogP contribution >= 0.6 is 35.0 Å². The third-order valence-corrected chi connectivity index (χ3v) is 6.60. The second-order valence-corrected chi connectivity index (χ2v) is 8.51. The second kappa shape index (κ2) is 6.19. The summed E-state index contributed by atoms with van der Waals surface area (Å²) in [7, 11) is 0. The fourth-order valence-electron chi connectivity index (χ4n) is 3.25. The van der Waals surface area contributed by atoms with Gasteiger partial charge in [-0.05, 0) is 38.0 Å². The van der Waals surface area contributed by atoms with Gasteiger partial charge in [0.1, 0.15) is 6.04 Å². The molecule has 0 aliphatic carbocycles. The van der Waals surface area contributed by atoms with Gasteiger partial charge in [-0.1, -0.05) is 29.3 Å². The van der Waals surface area contributed by atoms with E-state index in [0.717, 1.165) is 12.0 Å². The Balaban J connectivity index is 1.73. The van der Waals surface area contributed by atoms with E-state index in [9.17, 15) is 9.59 Å². The Morgan fingerprint density at radius 1 is 1.48 bits per heavy atom. The van der Waals surface area contributed by atoms with Gasteiger partial charge in [-0.2, -0.15) is 0 Å². The number of hydrogen-bond acceptors (Lipinski definition) is 3. The number of thioether (sulfide) groups is 1. The molecule has 0 saturated carbocycles. The summed E-state index contributed by atoms with van der Waals surface area (Å²) < 4.78 is 0. The van der Waals surface area contributed by atoms with E-state index in [-0.39, 0.29) is 22.7 Å². The number of halogens is 2. The SMILES string of the molecule is CC(NC(=O)C1CSC2(C)CCC(=O)N12)c1ccc(Cl)cc1Cl. The van der Waals surface area contributed by atoms with Crippen molar-refractivity contribution in [3.05, 3.63) is 33.8 Å². The maximum absolute atomic E-state index is 12.7. The molecule has 0 aromatic heterocycles. The molecule has 1 N–H and O–H groups in total. The minimum Gasteiger partial charge on any atom is -0.348 e. The molecule has 23 heavy (non-hydrogen) atoms. The molecule has 2 amide bonds. The molecule has 2 aliphatic rings. The molecule has 2 saturated heterocycles. The first-order valence-corrected chi connectivity index (χ1v) is 9.27. The lowest BCUT2D eigenvalue weighted by molar-refractivity contribution is -0.138. The minimum absolute atomic E-state index is 0.0647. The zero-order chi connectivity index (χ0) is 16.8. The maximum atomic E-state index is 12.7. The highest BCUT2D eigenvalue weighted by Crippen LogP contribution is 2.47. The zero-order valence-corrected chi connectivity index (χ0v) is 15.3. The first-order chi connectivity index (χ1) is 10.8. The van der Waals surface area contributed by atoms with Crippen molar-refractivity contribution >= 4 is 46.8 Å². The van der Waals surface area contributed by atoms with Crippen LogP contribution in [0.5, 0.6) is 0 Å². The fraction of sp³-hybridized carbons (Fsp3) is 0.500. The van der Waals surface area contributed by atoms with E-state index in [4.69, 9.17) is 23.2 Å². The van der Waals surface area contributed by atoms with Gasteiger partial charge >= 0.3 is 0 Å². The number of benzene rings is 1. The quantitative estimate of drug-likeness (QED) is 0.881. The molecule has 3 rings (SSSR count). The second-order valence-electron chi connectivity index (χ2n) is 6.16. The molecule has 4 nitrogen and oxygen atoms in total. The molecule has 2 fully saturated rings. The Kier molecular flexibility index (Phi) is 4.55. The monoisotopic (exact) mass is 372 g/mol. The van der Waals surface area contributed by atoms with E-state index in [0.29, 0.717) is 22.2 Å². The highest BCUT2D eigenvalue weighted by Gasteiger charge is 2.52. The predicted octanol–water partition coefficient (Wildman–Crippen LogP) is 3.62. The van der Waals surface area contributed by atoms with Crippen LogP contribution in [0, 0.1) is 0 Å². The number of carbonyl (C=O) groups excluding carboxylic acids is 2. The average molecular weight is 373 g/mol. The van der Waals surface area contributed by atoms with Crippen LogP contribution in [0.25, 0.3) is 0 Å². The number of fused-ring (bicyclic) bond motifs is 1. The molecule has 7 heteroatoms. The van der Waals surface area contributed by atoms with Crippen LogP contribution < -0.4 is 5.32 Å². The van der Waals surface area contributed by atoms with Crippen LogP contribution in [0.15, 0.2) is 18.2 Å². The Morgan fingerprint density at radius 3 is 2.91 bits per heavy atom. The largest absolute Gasteiger partial charge is 0.348 e. The number of rotatable bonds is 3. The summed E-state index contributed by atoms with van der Waals surface area (Å²) in [5.41, 5.74) is 0.811. The first kappa shape index (κ1) is 16.9. The van der Waals surface area contributed by atoms with Gasteiger partial charge in [0, 0.05) is 22.2 Å². The van der Waals surface area contributed by atoms with Crippen LogP contribution in [-0.2, 0) is 9.59 Å². The van der Waals surface area contributed by atoms with E-state index in [2.05, 4.69) is 5.32 Å².